The van der Waals surface area contributed by atoms with Crippen LogP contribution in [0.25, 0.3) is 0 Å². The molecular weight excluding hydrogens is 293 g/mol. The molecule has 1 fully saturated rings. The minimum absolute atomic E-state index is 0.0257. The summed E-state index contributed by atoms with van der Waals surface area (Å²) in [6.07, 6.45) is 1.76. The normalized spacial score (nSPS) is 23.1. The fourth-order valence-electron chi connectivity index (χ4n) is 2.79. The number of nitrogens with one attached hydrogen (secondary N) is 1. The van der Waals surface area contributed by atoms with E-state index in [9.17, 15) is 4.79 Å². The number of carbonyl (C=O) groups excluding carboxylic acids is 1. The average molecular weight is 312 g/mol. The molecule has 0 radical (unpaired) electrons. The molecule has 1 aliphatic carbocycles. The van der Waals surface area contributed by atoms with Gasteiger partial charge in [0.1, 0.15) is 4.49 Å². The molecule has 0 aromatic heterocycles. The molecule has 1 aromatic carbocycles. The summed E-state index contributed by atoms with van der Waals surface area (Å²) in [4.78, 5) is 12.4. The number of aryl methyl sites for hydroxylation is 2. The Morgan fingerprint density at radius 3 is 2.50 bits per heavy atom. The van der Waals surface area contributed by atoms with Gasteiger partial charge in [-0.3, -0.25) is 4.79 Å². The van der Waals surface area contributed by atoms with E-state index in [1.165, 1.54) is 5.56 Å². The smallest absolute Gasteiger partial charge is 0.228 e. The van der Waals surface area contributed by atoms with Crippen molar-refractivity contribution in [2.24, 2.45) is 17.3 Å². The quantitative estimate of drug-likeness (QED) is 0.850. The molecule has 2 unspecified atom stereocenters. The lowest BCUT2D eigenvalue weighted by Gasteiger charge is -2.09. The van der Waals surface area contributed by atoms with Crippen molar-refractivity contribution >= 4 is 34.8 Å². The topological polar surface area (TPSA) is 29.1 Å². The molecule has 1 saturated carbocycles. The van der Waals surface area contributed by atoms with Crippen LogP contribution >= 0.6 is 23.2 Å². The van der Waals surface area contributed by atoms with Crippen LogP contribution in [0.1, 0.15) is 25.0 Å². The molecule has 108 valence electrons. The predicted molar refractivity (Wildman–Crippen MR) is 85.1 cm³/mol. The highest BCUT2D eigenvalue weighted by Gasteiger charge is 2.60. The van der Waals surface area contributed by atoms with E-state index in [-0.39, 0.29) is 27.6 Å². The number of carbonyl (C=O) groups is 1. The van der Waals surface area contributed by atoms with Crippen molar-refractivity contribution in [2.45, 2.75) is 27.7 Å². The molecule has 2 rings (SSSR count). The first-order chi connectivity index (χ1) is 9.23. The zero-order valence-corrected chi connectivity index (χ0v) is 13.6. The number of benzene rings is 1. The number of allylic oxidation sites excluding steroid dienone is 1. The zero-order chi connectivity index (χ0) is 15.1. The van der Waals surface area contributed by atoms with Crippen molar-refractivity contribution in [3.05, 3.63) is 39.9 Å². The Hall–Kier alpha value is -0.990. The molecule has 4 heteroatoms. The Bertz CT molecular complexity index is 574. The monoisotopic (exact) mass is 311 g/mol. The third-order valence-corrected chi connectivity index (χ3v) is 4.39. The first-order valence-electron chi connectivity index (χ1n) is 6.64. The molecule has 1 aromatic rings. The highest BCUT2D eigenvalue weighted by Crippen LogP contribution is 2.60. The largest absolute Gasteiger partial charge is 0.326 e. The lowest BCUT2D eigenvalue weighted by Crippen LogP contribution is -2.17. The average Bonchev–Trinajstić information content (AvgIpc) is 2.83. The Morgan fingerprint density at radius 1 is 1.30 bits per heavy atom. The van der Waals surface area contributed by atoms with Gasteiger partial charge in [0.25, 0.3) is 0 Å². The van der Waals surface area contributed by atoms with Crippen LogP contribution in [0.4, 0.5) is 5.69 Å². The molecule has 0 saturated heterocycles. The maximum absolute atomic E-state index is 12.4. The van der Waals surface area contributed by atoms with Gasteiger partial charge in [0.05, 0.1) is 5.92 Å². The van der Waals surface area contributed by atoms with Gasteiger partial charge < -0.3 is 5.32 Å². The van der Waals surface area contributed by atoms with Crippen LogP contribution < -0.4 is 5.32 Å². The van der Waals surface area contributed by atoms with Crippen molar-refractivity contribution in [2.75, 3.05) is 5.32 Å². The summed E-state index contributed by atoms with van der Waals surface area (Å²) in [5.41, 5.74) is 3.02. The van der Waals surface area contributed by atoms with Crippen molar-refractivity contribution in [1.82, 2.24) is 0 Å². The maximum Gasteiger partial charge on any atom is 0.228 e. The summed E-state index contributed by atoms with van der Waals surface area (Å²) in [5, 5.41) is 3.00. The molecule has 0 spiro atoms. The fourth-order valence-corrected chi connectivity index (χ4v) is 3.06. The summed E-state index contributed by atoms with van der Waals surface area (Å²) < 4.78 is 0.227. The van der Waals surface area contributed by atoms with Crippen LogP contribution in [0.5, 0.6) is 0 Å². The fraction of sp³-hybridized carbons (Fsp3) is 0.438. The standard InChI is InChI=1S/C16H19Cl2NO/c1-9-5-6-12(10(2)7-9)19-15(20)14-11(8-13(17)18)16(14,3)4/h5-8,11,14H,1-4H3,(H,19,20). The van der Waals surface area contributed by atoms with Gasteiger partial charge in [-0.05, 0) is 42.9 Å². The van der Waals surface area contributed by atoms with E-state index >= 15 is 0 Å². The van der Waals surface area contributed by atoms with Gasteiger partial charge in [0.2, 0.25) is 5.91 Å². The van der Waals surface area contributed by atoms with Crippen molar-refractivity contribution in [3.63, 3.8) is 0 Å². The van der Waals surface area contributed by atoms with E-state index in [1.54, 1.807) is 6.08 Å². The van der Waals surface area contributed by atoms with Gasteiger partial charge in [-0.25, -0.2) is 0 Å². The lowest BCUT2D eigenvalue weighted by atomic mass is 10.1. The third kappa shape index (κ3) is 3.02. The van der Waals surface area contributed by atoms with Crippen LogP contribution in [0.15, 0.2) is 28.8 Å². The molecule has 1 N–H and O–H groups in total. The molecule has 0 bridgehead atoms. The third-order valence-electron chi connectivity index (χ3n) is 4.14. The van der Waals surface area contributed by atoms with E-state index < -0.39 is 0 Å². The minimum atomic E-state index is -0.0995. The Balaban J connectivity index is 2.12. The summed E-state index contributed by atoms with van der Waals surface area (Å²) in [5.74, 6) is 0.0340. The minimum Gasteiger partial charge on any atom is -0.326 e. The second-order valence-corrected chi connectivity index (χ2v) is 7.10. The van der Waals surface area contributed by atoms with Crippen molar-refractivity contribution in [1.29, 1.82) is 0 Å². The van der Waals surface area contributed by atoms with Gasteiger partial charge in [0, 0.05) is 5.69 Å². The van der Waals surface area contributed by atoms with E-state index in [0.717, 1.165) is 11.3 Å². The number of amides is 1. The predicted octanol–water partition coefficient (Wildman–Crippen LogP) is 4.83. The lowest BCUT2D eigenvalue weighted by molar-refractivity contribution is -0.118. The Morgan fingerprint density at radius 2 is 1.95 bits per heavy atom. The Labute approximate surface area is 130 Å². The molecule has 2 atom stereocenters. The Kier molecular flexibility index (Phi) is 4.17. The molecule has 0 aliphatic heterocycles. The van der Waals surface area contributed by atoms with Crippen LogP contribution in [0.2, 0.25) is 0 Å². The second kappa shape index (κ2) is 5.42. The maximum atomic E-state index is 12.4. The second-order valence-electron chi connectivity index (χ2n) is 6.09. The van der Waals surface area contributed by atoms with E-state index in [4.69, 9.17) is 23.2 Å². The summed E-state index contributed by atoms with van der Waals surface area (Å²) >= 11 is 11.4. The van der Waals surface area contributed by atoms with Crippen molar-refractivity contribution < 1.29 is 4.79 Å². The molecule has 1 amide bonds. The number of rotatable bonds is 3. The van der Waals surface area contributed by atoms with Crippen LogP contribution in [0.3, 0.4) is 0 Å². The van der Waals surface area contributed by atoms with Crippen LogP contribution in [0, 0.1) is 31.1 Å². The van der Waals surface area contributed by atoms with Crippen molar-refractivity contribution in [3.8, 4) is 0 Å². The SMILES string of the molecule is Cc1ccc(NC(=O)C2C(C=C(Cl)Cl)C2(C)C)c(C)c1. The van der Waals surface area contributed by atoms with E-state index in [2.05, 4.69) is 25.2 Å². The molecule has 20 heavy (non-hydrogen) atoms. The highest BCUT2D eigenvalue weighted by atomic mass is 35.5. The van der Waals surface area contributed by atoms with E-state index in [1.807, 2.05) is 26.0 Å². The molecule has 2 nitrogen and oxygen atoms in total. The number of halogens is 2. The zero-order valence-electron chi connectivity index (χ0n) is 12.1. The summed E-state index contributed by atoms with van der Waals surface area (Å²) in [7, 11) is 0. The van der Waals surface area contributed by atoms with Gasteiger partial charge >= 0.3 is 0 Å². The number of hydrogen-bond acceptors (Lipinski definition) is 1. The summed E-state index contributed by atoms with van der Waals surface area (Å²) in [6, 6.07) is 5.99. The van der Waals surface area contributed by atoms with Crippen LogP contribution in [-0.2, 0) is 4.79 Å². The van der Waals surface area contributed by atoms with Gasteiger partial charge in [-0.15, -0.1) is 0 Å². The first-order valence-corrected chi connectivity index (χ1v) is 7.40. The highest BCUT2D eigenvalue weighted by molar-refractivity contribution is 6.55. The summed E-state index contributed by atoms with van der Waals surface area (Å²) in [6.45, 7) is 8.13. The van der Waals surface area contributed by atoms with E-state index in [0.29, 0.717) is 0 Å². The van der Waals surface area contributed by atoms with Gasteiger partial charge in [0.15, 0.2) is 0 Å². The number of hydrogen-bond donors (Lipinski definition) is 1. The first kappa shape index (κ1) is 15.4. The van der Waals surface area contributed by atoms with Crippen LogP contribution in [-0.4, -0.2) is 5.91 Å². The molecular formula is C16H19Cl2NO. The van der Waals surface area contributed by atoms with Gasteiger partial charge in [-0.1, -0.05) is 54.7 Å². The number of anilines is 1. The molecule has 0 heterocycles. The molecule has 1 aliphatic rings. The van der Waals surface area contributed by atoms with Gasteiger partial charge in [-0.2, -0.15) is 0 Å².